The highest BCUT2D eigenvalue weighted by Gasteiger charge is 2.28. The van der Waals surface area contributed by atoms with E-state index in [1.807, 2.05) is 30.3 Å². The van der Waals surface area contributed by atoms with E-state index in [0.717, 1.165) is 24.2 Å². The standard InChI is InChI=1S/C21H22N4O4/c26-18-8-10-25(21(28)23-18)14-19(27)24-9-4-7-16(13-24)20-22-12-17(29-20)11-15-5-2-1-3-6-15/h1-3,5-6,8,10,12,16H,4,7,9,11,13-14H2,(H,23,26,28). The van der Waals surface area contributed by atoms with Crippen LogP contribution in [-0.4, -0.2) is 38.4 Å². The van der Waals surface area contributed by atoms with Gasteiger partial charge in [-0.25, -0.2) is 9.78 Å². The van der Waals surface area contributed by atoms with Crippen LogP contribution in [0.3, 0.4) is 0 Å². The zero-order valence-corrected chi connectivity index (χ0v) is 15.9. The summed E-state index contributed by atoms with van der Waals surface area (Å²) >= 11 is 0. The molecule has 29 heavy (non-hydrogen) atoms. The molecule has 1 amide bonds. The van der Waals surface area contributed by atoms with Crippen molar-refractivity contribution in [3.05, 3.63) is 86.8 Å². The van der Waals surface area contributed by atoms with Crippen molar-refractivity contribution >= 4 is 5.91 Å². The van der Waals surface area contributed by atoms with E-state index in [0.29, 0.717) is 25.4 Å². The quantitative estimate of drug-likeness (QED) is 0.707. The molecule has 8 heteroatoms. The molecule has 3 aromatic rings. The lowest BCUT2D eigenvalue weighted by molar-refractivity contribution is -0.133. The Morgan fingerprint density at radius 3 is 2.83 bits per heavy atom. The van der Waals surface area contributed by atoms with Crippen molar-refractivity contribution in [1.29, 1.82) is 0 Å². The van der Waals surface area contributed by atoms with Crippen LogP contribution in [0.2, 0.25) is 0 Å². The Bertz CT molecular complexity index is 1100. The predicted molar refractivity (Wildman–Crippen MR) is 106 cm³/mol. The monoisotopic (exact) mass is 394 g/mol. The number of nitrogens with one attached hydrogen (secondary N) is 1. The molecule has 150 valence electrons. The number of rotatable bonds is 5. The zero-order valence-electron chi connectivity index (χ0n) is 15.9. The summed E-state index contributed by atoms with van der Waals surface area (Å²) in [6.07, 6.45) is 5.51. The molecule has 0 radical (unpaired) electrons. The summed E-state index contributed by atoms with van der Waals surface area (Å²) in [6.45, 7) is 1.03. The Labute approximate surface area is 166 Å². The lowest BCUT2D eigenvalue weighted by atomic mass is 9.98. The normalized spacial score (nSPS) is 16.7. The summed E-state index contributed by atoms with van der Waals surface area (Å²) in [4.78, 5) is 44.0. The maximum absolute atomic E-state index is 12.7. The molecule has 0 spiro atoms. The first kappa shape index (κ1) is 18.9. The zero-order chi connectivity index (χ0) is 20.2. The molecule has 3 heterocycles. The van der Waals surface area contributed by atoms with Crippen molar-refractivity contribution < 1.29 is 9.21 Å². The highest BCUT2D eigenvalue weighted by atomic mass is 16.4. The van der Waals surface area contributed by atoms with Gasteiger partial charge in [0.05, 0.1) is 12.1 Å². The van der Waals surface area contributed by atoms with Gasteiger partial charge < -0.3 is 9.32 Å². The third kappa shape index (κ3) is 4.53. The fraction of sp³-hybridized carbons (Fsp3) is 0.333. The molecule has 1 fully saturated rings. The molecule has 2 aromatic heterocycles. The van der Waals surface area contributed by atoms with Gasteiger partial charge >= 0.3 is 5.69 Å². The maximum Gasteiger partial charge on any atom is 0.328 e. The van der Waals surface area contributed by atoms with E-state index < -0.39 is 11.2 Å². The number of nitrogens with zero attached hydrogens (tertiary/aromatic N) is 3. The molecule has 1 saturated heterocycles. The Balaban J connectivity index is 1.41. The van der Waals surface area contributed by atoms with Gasteiger partial charge in [-0.3, -0.25) is 19.1 Å². The largest absolute Gasteiger partial charge is 0.445 e. The number of hydrogen-bond donors (Lipinski definition) is 1. The topological polar surface area (TPSA) is 101 Å². The number of piperidine rings is 1. The van der Waals surface area contributed by atoms with Gasteiger partial charge in [-0.2, -0.15) is 0 Å². The Morgan fingerprint density at radius 1 is 1.21 bits per heavy atom. The lowest BCUT2D eigenvalue weighted by Gasteiger charge is -2.31. The molecule has 1 N–H and O–H groups in total. The van der Waals surface area contributed by atoms with E-state index in [4.69, 9.17) is 4.42 Å². The van der Waals surface area contributed by atoms with Crippen LogP contribution in [0, 0.1) is 0 Å². The molecule has 0 aliphatic carbocycles. The number of carbonyl (C=O) groups is 1. The van der Waals surface area contributed by atoms with Crippen LogP contribution in [0.15, 0.2) is 62.8 Å². The average molecular weight is 394 g/mol. The highest BCUT2D eigenvalue weighted by molar-refractivity contribution is 5.76. The molecule has 8 nitrogen and oxygen atoms in total. The van der Waals surface area contributed by atoms with Gasteiger partial charge in [0.1, 0.15) is 12.3 Å². The van der Waals surface area contributed by atoms with Crippen LogP contribution in [0.5, 0.6) is 0 Å². The number of carbonyl (C=O) groups excluding carboxylic acids is 1. The summed E-state index contributed by atoms with van der Waals surface area (Å²) < 4.78 is 7.17. The fourth-order valence-corrected chi connectivity index (χ4v) is 3.61. The minimum Gasteiger partial charge on any atom is -0.445 e. The van der Waals surface area contributed by atoms with Crippen LogP contribution >= 0.6 is 0 Å². The number of aromatic amines is 1. The van der Waals surface area contributed by atoms with Gasteiger partial charge in [-0.05, 0) is 18.4 Å². The highest BCUT2D eigenvalue weighted by Crippen LogP contribution is 2.27. The summed E-state index contributed by atoms with van der Waals surface area (Å²) in [7, 11) is 0. The number of hydrogen-bond acceptors (Lipinski definition) is 5. The minimum atomic E-state index is -0.585. The van der Waals surface area contributed by atoms with Crippen molar-refractivity contribution in [3.8, 4) is 0 Å². The molecule has 1 atom stereocenters. The number of amides is 1. The molecular formula is C21H22N4O4. The third-order valence-corrected chi connectivity index (χ3v) is 5.12. The summed E-state index contributed by atoms with van der Waals surface area (Å²) in [5.41, 5.74) is 0.0894. The second kappa shape index (κ2) is 8.30. The summed E-state index contributed by atoms with van der Waals surface area (Å²) in [6, 6.07) is 11.3. The van der Waals surface area contributed by atoms with Crippen LogP contribution in [0.1, 0.15) is 36.0 Å². The molecule has 4 rings (SSSR count). The van der Waals surface area contributed by atoms with Crippen molar-refractivity contribution in [2.45, 2.75) is 31.7 Å². The molecule has 1 aliphatic rings. The van der Waals surface area contributed by atoms with E-state index in [1.54, 1.807) is 11.1 Å². The van der Waals surface area contributed by atoms with Crippen LogP contribution in [0.25, 0.3) is 0 Å². The Morgan fingerprint density at radius 2 is 2.03 bits per heavy atom. The van der Waals surface area contributed by atoms with E-state index in [-0.39, 0.29) is 18.4 Å². The Kier molecular flexibility index (Phi) is 5.41. The van der Waals surface area contributed by atoms with Gasteiger partial charge in [0, 0.05) is 31.8 Å². The van der Waals surface area contributed by atoms with Crippen molar-refractivity contribution in [1.82, 2.24) is 19.4 Å². The van der Waals surface area contributed by atoms with E-state index in [9.17, 15) is 14.4 Å². The molecule has 0 bridgehead atoms. The van der Waals surface area contributed by atoms with Crippen molar-refractivity contribution in [2.24, 2.45) is 0 Å². The van der Waals surface area contributed by atoms with Gasteiger partial charge in [0.2, 0.25) is 5.91 Å². The Hall–Kier alpha value is -3.42. The summed E-state index contributed by atoms with van der Waals surface area (Å²) in [5.74, 6) is 1.31. The van der Waals surface area contributed by atoms with Crippen molar-refractivity contribution in [2.75, 3.05) is 13.1 Å². The first-order valence-corrected chi connectivity index (χ1v) is 9.64. The maximum atomic E-state index is 12.7. The van der Waals surface area contributed by atoms with Crippen LogP contribution in [0.4, 0.5) is 0 Å². The minimum absolute atomic E-state index is 0.0320. The van der Waals surface area contributed by atoms with Gasteiger partial charge in [0.15, 0.2) is 5.89 Å². The van der Waals surface area contributed by atoms with Crippen LogP contribution < -0.4 is 11.2 Å². The van der Waals surface area contributed by atoms with Crippen molar-refractivity contribution in [3.63, 3.8) is 0 Å². The number of aromatic nitrogens is 3. The summed E-state index contributed by atoms with van der Waals surface area (Å²) in [5, 5.41) is 0. The second-order valence-corrected chi connectivity index (χ2v) is 7.24. The average Bonchev–Trinajstić information content (AvgIpc) is 3.19. The molecule has 1 aliphatic heterocycles. The van der Waals surface area contributed by atoms with Gasteiger partial charge in [-0.1, -0.05) is 30.3 Å². The number of oxazole rings is 1. The second-order valence-electron chi connectivity index (χ2n) is 7.24. The van der Waals surface area contributed by atoms with Gasteiger partial charge in [0.25, 0.3) is 5.56 Å². The fourth-order valence-electron chi connectivity index (χ4n) is 3.61. The van der Waals surface area contributed by atoms with Gasteiger partial charge in [-0.15, -0.1) is 0 Å². The molecule has 1 unspecified atom stereocenters. The first-order chi connectivity index (χ1) is 14.1. The van der Waals surface area contributed by atoms with E-state index in [1.165, 1.54) is 16.8 Å². The third-order valence-electron chi connectivity index (χ3n) is 5.12. The lowest BCUT2D eigenvalue weighted by Crippen LogP contribution is -2.42. The number of H-pyrrole nitrogens is 1. The molecular weight excluding hydrogens is 372 g/mol. The smallest absolute Gasteiger partial charge is 0.328 e. The van der Waals surface area contributed by atoms with E-state index >= 15 is 0 Å². The van der Waals surface area contributed by atoms with Crippen LogP contribution in [-0.2, 0) is 17.8 Å². The molecule has 1 aromatic carbocycles. The predicted octanol–water partition coefficient (Wildman–Crippen LogP) is 1.52. The first-order valence-electron chi connectivity index (χ1n) is 9.64. The van der Waals surface area contributed by atoms with E-state index in [2.05, 4.69) is 9.97 Å². The number of likely N-dealkylation sites (tertiary alicyclic amines) is 1. The molecule has 0 saturated carbocycles. The number of benzene rings is 1. The SMILES string of the molecule is O=C(Cn1ccc(=O)[nH]c1=O)N1CCCC(c2ncc(Cc3ccccc3)o2)C1.